The molecule has 1 aromatic heterocycles. The van der Waals surface area contributed by atoms with Crippen LogP contribution < -0.4 is 5.32 Å². The molecule has 1 heterocycles. The van der Waals surface area contributed by atoms with Gasteiger partial charge in [0.05, 0.1) is 11.9 Å². The largest absolute Gasteiger partial charge is 0.380 e. The summed E-state index contributed by atoms with van der Waals surface area (Å²) in [5, 5.41) is 7.69. The lowest BCUT2D eigenvalue weighted by Crippen LogP contribution is -2.22. The van der Waals surface area contributed by atoms with Crippen molar-refractivity contribution in [2.45, 2.75) is 46.7 Å². The number of hydrogen-bond acceptors (Lipinski definition) is 2. The molecule has 0 aliphatic rings. The van der Waals surface area contributed by atoms with E-state index in [1.165, 1.54) is 6.42 Å². The molecule has 0 saturated heterocycles. The molecular weight excluding hydrogens is 174 g/mol. The maximum Gasteiger partial charge on any atom is 0.0728 e. The van der Waals surface area contributed by atoms with E-state index in [4.69, 9.17) is 0 Å². The van der Waals surface area contributed by atoms with Crippen LogP contribution in [0.1, 0.15) is 34.1 Å². The zero-order valence-electron chi connectivity index (χ0n) is 9.62. The van der Waals surface area contributed by atoms with E-state index in [-0.39, 0.29) is 0 Å². The Bertz CT molecular complexity index is 267. The topological polar surface area (TPSA) is 29.9 Å². The lowest BCUT2D eigenvalue weighted by molar-refractivity contribution is 0.494. The fraction of sp³-hybridized carbons (Fsp3) is 0.727. The van der Waals surface area contributed by atoms with Gasteiger partial charge < -0.3 is 5.32 Å². The van der Waals surface area contributed by atoms with Crippen LogP contribution in [0.15, 0.2) is 12.4 Å². The van der Waals surface area contributed by atoms with Crippen LogP contribution in [-0.2, 0) is 6.54 Å². The van der Waals surface area contributed by atoms with E-state index in [2.05, 4.69) is 44.3 Å². The molecule has 0 unspecified atom stereocenters. The molecule has 1 N–H and O–H groups in total. The van der Waals surface area contributed by atoms with Crippen LogP contribution in [0.3, 0.4) is 0 Å². The number of nitrogens with zero attached hydrogens (tertiary/aromatic N) is 2. The second kappa shape index (κ2) is 5.03. The Morgan fingerprint density at radius 1 is 1.43 bits per heavy atom. The van der Waals surface area contributed by atoms with Crippen molar-refractivity contribution >= 4 is 5.69 Å². The predicted octanol–water partition coefficient (Wildman–Crippen LogP) is 2.75. The number of aromatic nitrogens is 2. The van der Waals surface area contributed by atoms with Crippen molar-refractivity contribution in [3.05, 3.63) is 12.4 Å². The summed E-state index contributed by atoms with van der Waals surface area (Å²) < 4.78 is 1.94. The molecule has 1 rings (SSSR count). The fourth-order valence-electron chi connectivity index (χ4n) is 1.37. The van der Waals surface area contributed by atoms with Crippen molar-refractivity contribution in [1.82, 2.24) is 9.78 Å². The van der Waals surface area contributed by atoms with Crippen molar-refractivity contribution < 1.29 is 0 Å². The second-order valence-corrected chi connectivity index (χ2v) is 3.90. The third-order valence-corrected chi connectivity index (χ3v) is 2.85. The van der Waals surface area contributed by atoms with E-state index in [0.717, 1.165) is 12.2 Å². The number of hydrogen-bond donors (Lipinski definition) is 1. The molecule has 1 aromatic rings. The first-order chi connectivity index (χ1) is 6.67. The van der Waals surface area contributed by atoms with Crippen molar-refractivity contribution in [1.29, 1.82) is 0 Å². The Morgan fingerprint density at radius 2 is 2.14 bits per heavy atom. The van der Waals surface area contributed by atoms with Crippen LogP contribution in [0, 0.1) is 5.92 Å². The molecule has 80 valence electrons. The Hall–Kier alpha value is -0.990. The zero-order chi connectivity index (χ0) is 10.6. The van der Waals surface area contributed by atoms with Gasteiger partial charge in [-0.25, -0.2) is 0 Å². The summed E-state index contributed by atoms with van der Waals surface area (Å²) in [6.07, 6.45) is 5.15. The Morgan fingerprint density at radius 3 is 2.64 bits per heavy atom. The molecule has 0 radical (unpaired) electrons. The third-order valence-electron chi connectivity index (χ3n) is 2.85. The summed E-state index contributed by atoms with van der Waals surface area (Å²) in [5.74, 6) is 0.694. The van der Waals surface area contributed by atoms with Gasteiger partial charge in [0.15, 0.2) is 0 Å². The average molecular weight is 195 g/mol. The molecule has 0 amide bonds. The Balaban J connectivity index is 2.51. The molecule has 0 fully saturated rings. The summed E-state index contributed by atoms with van der Waals surface area (Å²) in [7, 11) is 0. The highest BCUT2D eigenvalue weighted by Crippen LogP contribution is 2.13. The van der Waals surface area contributed by atoms with Gasteiger partial charge in [0, 0.05) is 18.8 Å². The van der Waals surface area contributed by atoms with Crippen LogP contribution in [0.2, 0.25) is 0 Å². The smallest absolute Gasteiger partial charge is 0.0728 e. The summed E-state index contributed by atoms with van der Waals surface area (Å²) in [6.45, 7) is 9.73. The molecular formula is C11H21N3. The predicted molar refractivity (Wildman–Crippen MR) is 60.4 cm³/mol. The molecule has 0 spiro atoms. The van der Waals surface area contributed by atoms with E-state index in [9.17, 15) is 0 Å². The van der Waals surface area contributed by atoms with Crippen molar-refractivity contribution in [3.8, 4) is 0 Å². The first kappa shape index (κ1) is 11.1. The zero-order valence-corrected chi connectivity index (χ0v) is 9.62. The number of rotatable bonds is 5. The maximum atomic E-state index is 4.23. The molecule has 0 bridgehead atoms. The lowest BCUT2D eigenvalue weighted by atomic mass is 10.0. The molecule has 3 heteroatoms. The third kappa shape index (κ3) is 2.76. The molecule has 14 heavy (non-hydrogen) atoms. The van der Waals surface area contributed by atoms with E-state index in [1.807, 2.05) is 10.9 Å². The molecule has 0 aromatic carbocycles. The van der Waals surface area contributed by atoms with Crippen LogP contribution >= 0.6 is 0 Å². The van der Waals surface area contributed by atoms with Crippen LogP contribution in [0.25, 0.3) is 0 Å². The highest BCUT2D eigenvalue weighted by atomic mass is 15.3. The van der Waals surface area contributed by atoms with Crippen molar-refractivity contribution in [2.24, 2.45) is 5.92 Å². The van der Waals surface area contributed by atoms with Crippen LogP contribution in [0.5, 0.6) is 0 Å². The van der Waals surface area contributed by atoms with E-state index in [0.29, 0.717) is 12.0 Å². The first-order valence-electron chi connectivity index (χ1n) is 5.46. The molecule has 0 aliphatic carbocycles. The summed E-state index contributed by atoms with van der Waals surface area (Å²) in [4.78, 5) is 0. The number of nitrogens with one attached hydrogen (secondary N) is 1. The minimum absolute atomic E-state index is 0.509. The number of anilines is 1. The maximum absolute atomic E-state index is 4.23. The summed E-state index contributed by atoms with van der Waals surface area (Å²) in [6, 6.07) is 0.509. The standard InChI is InChI=1S/C11H21N3/c1-5-9(3)10(4)13-11-7-12-14(6-2)8-11/h7-10,13H,5-6H2,1-4H3/t9-,10+/m1/s1. The molecule has 2 atom stereocenters. The minimum Gasteiger partial charge on any atom is -0.380 e. The van der Waals surface area contributed by atoms with Gasteiger partial charge >= 0.3 is 0 Å². The fourth-order valence-corrected chi connectivity index (χ4v) is 1.37. The van der Waals surface area contributed by atoms with Gasteiger partial charge in [0.1, 0.15) is 0 Å². The number of aryl methyl sites for hydroxylation is 1. The van der Waals surface area contributed by atoms with E-state index < -0.39 is 0 Å². The van der Waals surface area contributed by atoms with E-state index >= 15 is 0 Å². The van der Waals surface area contributed by atoms with Gasteiger partial charge in [0.25, 0.3) is 0 Å². The van der Waals surface area contributed by atoms with Gasteiger partial charge in [-0.1, -0.05) is 20.3 Å². The van der Waals surface area contributed by atoms with E-state index in [1.54, 1.807) is 0 Å². The SMILES string of the molecule is CC[C@@H](C)[C@H](C)Nc1cnn(CC)c1. The van der Waals surface area contributed by atoms with Gasteiger partial charge in [-0.3, -0.25) is 4.68 Å². The van der Waals surface area contributed by atoms with Crippen molar-refractivity contribution in [2.75, 3.05) is 5.32 Å². The highest BCUT2D eigenvalue weighted by Gasteiger charge is 2.10. The lowest BCUT2D eigenvalue weighted by Gasteiger charge is -2.19. The van der Waals surface area contributed by atoms with Gasteiger partial charge in [-0.15, -0.1) is 0 Å². The summed E-state index contributed by atoms with van der Waals surface area (Å²) in [5.41, 5.74) is 1.12. The van der Waals surface area contributed by atoms with Gasteiger partial charge in [0.2, 0.25) is 0 Å². The average Bonchev–Trinajstić information content (AvgIpc) is 2.64. The van der Waals surface area contributed by atoms with Crippen LogP contribution in [0.4, 0.5) is 5.69 Å². The normalized spacial score (nSPS) is 15.1. The Labute approximate surface area is 86.5 Å². The highest BCUT2D eigenvalue weighted by molar-refractivity contribution is 5.39. The molecule has 3 nitrogen and oxygen atoms in total. The monoisotopic (exact) mass is 195 g/mol. The Kier molecular flexibility index (Phi) is 3.98. The molecule has 0 saturated carbocycles. The van der Waals surface area contributed by atoms with Gasteiger partial charge in [-0.2, -0.15) is 5.10 Å². The molecule has 0 aliphatic heterocycles. The first-order valence-corrected chi connectivity index (χ1v) is 5.46. The van der Waals surface area contributed by atoms with Crippen LogP contribution in [-0.4, -0.2) is 15.8 Å². The summed E-state index contributed by atoms with van der Waals surface area (Å²) >= 11 is 0. The second-order valence-electron chi connectivity index (χ2n) is 3.90. The van der Waals surface area contributed by atoms with Gasteiger partial charge in [-0.05, 0) is 19.8 Å². The quantitative estimate of drug-likeness (QED) is 0.783. The minimum atomic E-state index is 0.509. The van der Waals surface area contributed by atoms with Crippen molar-refractivity contribution in [3.63, 3.8) is 0 Å².